The highest BCUT2D eigenvalue weighted by Gasteiger charge is 2.20. The number of hydrogen-bond acceptors (Lipinski definition) is 7. The van der Waals surface area contributed by atoms with Gasteiger partial charge in [0.15, 0.2) is 5.65 Å². The van der Waals surface area contributed by atoms with Crippen molar-refractivity contribution in [1.29, 1.82) is 0 Å². The Morgan fingerprint density at radius 1 is 0.921 bits per heavy atom. The number of H-pyrrole nitrogens is 1. The second-order valence-electron chi connectivity index (χ2n) is 9.48. The van der Waals surface area contributed by atoms with E-state index in [9.17, 15) is 4.39 Å². The molecule has 9 nitrogen and oxygen atoms in total. The normalized spacial score (nSPS) is 14.3. The summed E-state index contributed by atoms with van der Waals surface area (Å²) in [6.45, 7) is 6.71. The van der Waals surface area contributed by atoms with E-state index in [0.717, 1.165) is 49.3 Å². The molecule has 0 saturated carbocycles. The van der Waals surface area contributed by atoms with Gasteiger partial charge in [0.1, 0.15) is 41.5 Å². The van der Waals surface area contributed by atoms with Gasteiger partial charge in [0, 0.05) is 43.0 Å². The fourth-order valence-corrected chi connectivity index (χ4v) is 4.66. The van der Waals surface area contributed by atoms with Crippen molar-refractivity contribution < 1.29 is 9.23 Å². The molecule has 38 heavy (non-hydrogen) atoms. The minimum absolute atomic E-state index is 0.307. The molecule has 0 aliphatic carbocycles. The molecule has 10 heteroatoms. The predicted molar refractivity (Wildman–Crippen MR) is 145 cm³/mol. The van der Waals surface area contributed by atoms with E-state index in [-0.39, 0.29) is 5.82 Å². The van der Waals surface area contributed by atoms with Crippen molar-refractivity contribution >= 4 is 16.9 Å². The number of piperazine rings is 1. The highest BCUT2D eigenvalue weighted by Crippen LogP contribution is 2.34. The van der Waals surface area contributed by atoms with Gasteiger partial charge >= 0.3 is 0 Å². The number of nitrogens with one attached hydrogen (secondary N) is 1. The van der Waals surface area contributed by atoms with Gasteiger partial charge < -0.3 is 19.6 Å². The molecule has 1 N–H and O–H groups in total. The second kappa shape index (κ2) is 10.2. The number of rotatable bonds is 7. The van der Waals surface area contributed by atoms with Gasteiger partial charge in [0.2, 0.25) is 0 Å². The van der Waals surface area contributed by atoms with E-state index in [1.807, 2.05) is 6.92 Å². The molecule has 5 aromatic rings. The van der Waals surface area contributed by atoms with Gasteiger partial charge in [-0.3, -0.25) is 0 Å². The molecular weight excluding hydrogens is 483 g/mol. The standard InChI is InChI=1S/C28H29FN8O/c1-3-16-38-37-17-23(24(34-37)19-4-8-21(29)9-5-19)25-26-28(31-18-30-25)33-27(32-26)20-6-10-22(11-7-20)36-14-12-35(2)13-15-36/h4-11,17-18H,3,12-16H2,1-2H3,(H,30,31,32,33). The molecule has 1 saturated heterocycles. The number of benzene rings is 2. The van der Waals surface area contributed by atoms with Crippen LogP contribution in [0.25, 0.3) is 45.1 Å². The Bertz CT molecular complexity index is 1540. The van der Waals surface area contributed by atoms with E-state index in [2.05, 4.69) is 61.2 Å². The van der Waals surface area contributed by atoms with Crippen LogP contribution in [0.15, 0.2) is 61.1 Å². The molecule has 194 valence electrons. The Balaban J connectivity index is 1.37. The SMILES string of the molecule is CCCOn1cc(-c2ncnc3nc(-c4ccc(N5CCN(C)CC5)cc4)[nH]c23)c(-c2ccc(F)cc2)n1. The number of imidazole rings is 1. The third-order valence-electron chi connectivity index (χ3n) is 6.79. The summed E-state index contributed by atoms with van der Waals surface area (Å²) < 4.78 is 13.6. The van der Waals surface area contributed by atoms with Crippen molar-refractivity contribution in [3.05, 3.63) is 66.9 Å². The van der Waals surface area contributed by atoms with Crippen molar-refractivity contribution in [2.24, 2.45) is 0 Å². The molecule has 1 aliphatic heterocycles. The van der Waals surface area contributed by atoms with E-state index in [4.69, 9.17) is 9.82 Å². The Labute approximate surface area is 219 Å². The smallest absolute Gasteiger partial charge is 0.181 e. The predicted octanol–water partition coefficient (Wildman–Crippen LogP) is 4.28. The molecule has 6 rings (SSSR count). The Kier molecular flexibility index (Phi) is 6.47. The molecule has 0 radical (unpaired) electrons. The molecule has 0 atom stereocenters. The Morgan fingerprint density at radius 2 is 1.66 bits per heavy atom. The van der Waals surface area contributed by atoms with Gasteiger partial charge in [0.25, 0.3) is 0 Å². The van der Waals surface area contributed by atoms with Gasteiger partial charge in [0.05, 0.1) is 11.8 Å². The molecule has 0 bridgehead atoms. The summed E-state index contributed by atoms with van der Waals surface area (Å²) in [4.78, 5) is 29.1. The average Bonchev–Trinajstić information content (AvgIpc) is 3.58. The van der Waals surface area contributed by atoms with Gasteiger partial charge in [-0.15, -0.1) is 9.94 Å². The minimum atomic E-state index is -0.307. The molecule has 4 heterocycles. The number of likely N-dealkylation sites (N-methyl/N-ethyl adjacent to an activating group) is 1. The second-order valence-corrected chi connectivity index (χ2v) is 9.48. The summed E-state index contributed by atoms with van der Waals surface area (Å²) in [5.74, 6) is 0.405. The highest BCUT2D eigenvalue weighted by atomic mass is 19.1. The molecule has 0 unspecified atom stereocenters. The first-order valence-corrected chi connectivity index (χ1v) is 12.8. The van der Waals surface area contributed by atoms with Crippen LogP contribution in [0.2, 0.25) is 0 Å². The summed E-state index contributed by atoms with van der Waals surface area (Å²) in [5.41, 5.74) is 6.20. The summed E-state index contributed by atoms with van der Waals surface area (Å²) in [6.07, 6.45) is 4.13. The van der Waals surface area contributed by atoms with Gasteiger partial charge in [-0.2, -0.15) is 0 Å². The van der Waals surface area contributed by atoms with Crippen molar-refractivity contribution in [3.8, 4) is 33.9 Å². The highest BCUT2D eigenvalue weighted by molar-refractivity contribution is 5.93. The van der Waals surface area contributed by atoms with Crippen LogP contribution in [-0.2, 0) is 0 Å². The summed E-state index contributed by atoms with van der Waals surface area (Å²) in [6, 6.07) is 14.7. The summed E-state index contributed by atoms with van der Waals surface area (Å²) in [5, 5.41) is 4.62. The van der Waals surface area contributed by atoms with E-state index < -0.39 is 0 Å². The first kappa shape index (κ1) is 24.1. The lowest BCUT2D eigenvalue weighted by Gasteiger charge is -2.34. The lowest BCUT2D eigenvalue weighted by molar-refractivity contribution is 0.0834. The number of hydrogen-bond donors (Lipinski definition) is 1. The topological polar surface area (TPSA) is 88.0 Å². The quantitative estimate of drug-likeness (QED) is 0.348. The van der Waals surface area contributed by atoms with E-state index in [0.29, 0.717) is 35.0 Å². The fraction of sp³-hybridized carbons (Fsp3) is 0.286. The molecule has 3 aromatic heterocycles. The zero-order valence-electron chi connectivity index (χ0n) is 21.4. The van der Waals surface area contributed by atoms with Crippen LogP contribution in [0.5, 0.6) is 0 Å². The maximum Gasteiger partial charge on any atom is 0.181 e. The molecular formula is C28H29FN8O. The summed E-state index contributed by atoms with van der Waals surface area (Å²) in [7, 11) is 2.16. The van der Waals surface area contributed by atoms with Gasteiger partial charge in [-0.25, -0.2) is 19.3 Å². The van der Waals surface area contributed by atoms with Crippen molar-refractivity contribution in [2.45, 2.75) is 13.3 Å². The molecule has 2 aromatic carbocycles. The van der Waals surface area contributed by atoms with Crippen LogP contribution < -0.4 is 9.74 Å². The zero-order valence-corrected chi connectivity index (χ0v) is 21.4. The van der Waals surface area contributed by atoms with Crippen molar-refractivity contribution in [2.75, 3.05) is 44.7 Å². The number of fused-ring (bicyclic) bond motifs is 1. The first-order valence-electron chi connectivity index (χ1n) is 12.8. The van der Waals surface area contributed by atoms with E-state index >= 15 is 0 Å². The van der Waals surface area contributed by atoms with Crippen LogP contribution in [0, 0.1) is 5.82 Å². The number of anilines is 1. The number of aromatic nitrogens is 6. The van der Waals surface area contributed by atoms with E-state index in [1.165, 1.54) is 29.0 Å². The molecule has 0 spiro atoms. The van der Waals surface area contributed by atoms with Crippen molar-refractivity contribution in [3.63, 3.8) is 0 Å². The maximum atomic E-state index is 13.6. The third kappa shape index (κ3) is 4.70. The third-order valence-corrected chi connectivity index (χ3v) is 6.79. The lowest BCUT2D eigenvalue weighted by atomic mass is 10.1. The zero-order chi connectivity index (χ0) is 26.1. The molecule has 0 amide bonds. The van der Waals surface area contributed by atoms with Crippen molar-refractivity contribution in [1.82, 2.24) is 34.8 Å². The van der Waals surface area contributed by atoms with E-state index in [1.54, 1.807) is 18.3 Å². The summed E-state index contributed by atoms with van der Waals surface area (Å²) >= 11 is 0. The van der Waals surface area contributed by atoms with Crippen LogP contribution >= 0.6 is 0 Å². The molecule has 1 fully saturated rings. The Hall–Kier alpha value is -4.31. The number of halogens is 1. The minimum Gasteiger partial charge on any atom is -0.397 e. The first-order chi connectivity index (χ1) is 18.6. The van der Waals surface area contributed by atoms with Gasteiger partial charge in [-0.1, -0.05) is 6.92 Å². The number of aromatic amines is 1. The van der Waals surface area contributed by atoms with Crippen LogP contribution in [0.3, 0.4) is 0 Å². The van der Waals surface area contributed by atoms with Crippen LogP contribution in [0.1, 0.15) is 13.3 Å². The lowest BCUT2D eigenvalue weighted by Crippen LogP contribution is -2.44. The fourth-order valence-electron chi connectivity index (χ4n) is 4.66. The Morgan fingerprint density at radius 3 is 2.39 bits per heavy atom. The van der Waals surface area contributed by atoms with Crippen LogP contribution in [0.4, 0.5) is 10.1 Å². The largest absolute Gasteiger partial charge is 0.397 e. The number of nitrogens with zero attached hydrogens (tertiary/aromatic N) is 7. The maximum absolute atomic E-state index is 13.6. The molecule has 1 aliphatic rings. The van der Waals surface area contributed by atoms with Gasteiger partial charge in [-0.05, 0) is 62.0 Å². The van der Waals surface area contributed by atoms with Crippen LogP contribution in [-0.4, -0.2) is 74.6 Å². The average molecular weight is 513 g/mol. The monoisotopic (exact) mass is 512 g/mol.